The molecule has 2 unspecified atom stereocenters. The Kier molecular flexibility index (Phi) is 5.46. The first kappa shape index (κ1) is 14.8. The van der Waals surface area contributed by atoms with Crippen LogP contribution < -0.4 is 5.32 Å². The van der Waals surface area contributed by atoms with E-state index < -0.39 is 17.9 Å². The molecule has 0 radical (unpaired) electrons. The van der Waals surface area contributed by atoms with Gasteiger partial charge in [-0.05, 0) is 13.8 Å². The predicted octanol–water partition coefficient (Wildman–Crippen LogP) is 0.771. The Morgan fingerprint density at radius 1 is 1.50 bits per heavy atom. The number of rotatable bonds is 6. The van der Waals surface area contributed by atoms with E-state index in [0.717, 1.165) is 5.75 Å². The second-order valence-corrected chi connectivity index (χ2v) is 5.38. The van der Waals surface area contributed by atoms with E-state index in [-0.39, 0.29) is 17.6 Å². The summed E-state index contributed by atoms with van der Waals surface area (Å²) in [6.45, 7) is 4.28. The number of hydrogen-bond acceptors (Lipinski definition) is 4. The quantitative estimate of drug-likeness (QED) is 0.747. The van der Waals surface area contributed by atoms with Crippen molar-refractivity contribution in [2.24, 2.45) is 5.92 Å². The van der Waals surface area contributed by atoms with E-state index in [0.29, 0.717) is 13.1 Å². The largest absolute Gasteiger partial charge is 0.481 e. The number of amides is 2. The number of carboxylic acids is 1. The van der Waals surface area contributed by atoms with Gasteiger partial charge in [0, 0.05) is 31.3 Å². The highest BCUT2D eigenvalue weighted by Gasteiger charge is 2.23. The molecule has 0 saturated carbocycles. The molecular weight excluding hydrogens is 256 g/mol. The maximum atomic E-state index is 11.6. The molecule has 6 nitrogen and oxygen atoms in total. The third kappa shape index (κ3) is 4.21. The van der Waals surface area contributed by atoms with Crippen molar-refractivity contribution in [3.8, 4) is 0 Å². The van der Waals surface area contributed by atoms with Crippen LogP contribution in [-0.2, 0) is 9.59 Å². The average molecular weight is 274 g/mol. The van der Waals surface area contributed by atoms with Crippen LogP contribution in [0.1, 0.15) is 20.3 Å². The van der Waals surface area contributed by atoms with Gasteiger partial charge in [0.2, 0.25) is 5.91 Å². The zero-order valence-electron chi connectivity index (χ0n) is 10.5. The van der Waals surface area contributed by atoms with Crippen LogP contribution in [-0.4, -0.2) is 52.0 Å². The van der Waals surface area contributed by atoms with Crippen LogP contribution in [0.2, 0.25) is 0 Å². The minimum absolute atomic E-state index is 0.00903. The summed E-state index contributed by atoms with van der Waals surface area (Å²) in [7, 11) is 0. The summed E-state index contributed by atoms with van der Waals surface area (Å²) in [5, 5.41) is 11.4. The molecule has 0 aromatic rings. The van der Waals surface area contributed by atoms with Gasteiger partial charge in [0.25, 0.3) is 5.24 Å². The fourth-order valence-corrected chi connectivity index (χ4v) is 2.38. The Bertz CT molecular complexity index is 348. The average Bonchev–Trinajstić information content (AvgIpc) is 2.71. The van der Waals surface area contributed by atoms with E-state index >= 15 is 0 Å². The van der Waals surface area contributed by atoms with Crippen LogP contribution >= 0.6 is 11.8 Å². The van der Waals surface area contributed by atoms with Crippen molar-refractivity contribution in [2.75, 3.05) is 18.8 Å². The number of carbonyl (C=O) groups excluding carboxylic acids is 2. The number of nitrogens with one attached hydrogen (secondary N) is 1. The summed E-state index contributed by atoms with van der Waals surface area (Å²) < 4.78 is 0. The molecule has 2 amide bonds. The van der Waals surface area contributed by atoms with Crippen molar-refractivity contribution in [1.82, 2.24) is 10.2 Å². The second kappa shape index (κ2) is 6.63. The molecule has 2 N–H and O–H groups in total. The van der Waals surface area contributed by atoms with Crippen molar-refractivity contribution in [1.29, 1.82) is 0 Å². The first-order chi connectivity index (χ1) is 8.41. The number of nitrogens with zero attached hydrogens (tertiary/aromatic N) is 1. The molecule has 1 fully saturated rings. The van der Waals surface area contributed by atoms with E-state index in [1.54, 1.807) is 18.7 Å². The fraction of sp³-hybridized carbons (Fsp3) is 0.727. The van der Waals surface area contributed by atoms with Gasteiger partial charge < -0.3 is 15.3 Å². The van der Waals surface area contributed by atoms with Crippen LogP contribution in [0.25, 0.3) is 0 Å². The summed E-state index contributed by atoms with van der Waals surface area (Å²) in [6.07, 6.45) is 0.211. The Hall–Kier alpha value is -1.24. The number of thioether (sulfide) groups is 1. The predicted molar refractivity (Wildman–Crippen MR) is 68.4 cm³/mol. The van der Waals surface area contributed by atoms with Gasteiger partial charge in [-0.1, -0.05) is 11.8 Å². The monoisotopic (exact) mass is 274 g/mol. The first-order valence-electron chi connectivity index (χ1n) is 5.85. The summed E-state index contributed by atoms with van der Waals surface area (Å²) in [5.41, 5.74) is 0. The van der Waals surface area contributed by atoms with Crippen LogP contribution in [0.5, 0.6) is 0 Å². The molecule has 7 heteroatoms. The molecule has 1 aliphatic heterocycles. The van der Waals surface area contributed by atoms with Gasteiger partial charge in [0.1, 0.15) is 0 Å². The number of carbonyl (C=O) groups is 3. The molecule has 0 aromatic carbocycles. The van der Waals surface area contributed by atoms with Crippen molar-refractivity contribution < 1.29 is 19.5 Å². The summed E-state index contributed by atoms with van der Waals surface area (Å²) in [5.74, 6) is -1.01. The number of aliphatic carboxylic acids is 1. The molecule has 0 bridgehead atoms. The lowest BCUT2D eigenvalue weighted by Crippen LogP contribution is -2.41. The van der Waals surface area contributed by atoms with E-state index in [4.69, 9.17) is 5.11 Å². The van der Waals surface area contributed by atoms with Crippen molar-refractivity contribution in [2.45, 2.75) is 26.3 Å². The zero-order valence-corrected chi connectivity index (χ0v) is 11.3. The minimum atomic E-state index is -0.936. The molecule has 1 heterocycles. The summed E-state index contributed by atoms with van der Waals surface area (Å²) in [4.78, 5) is 35.2. The summed E-state index contributed by atoms with van der Waals surface area (Å²) >= 11 is 1.26. The van der Waals surface area contributed by atoms with E-state index in [1.165, 1.54) is 11.8 Å². The lowest BCUT2D eigenvalue weighted by molar-refractivity contribution is -0.142. The van der Waals surface area contributed by atoms with E-state index in [1.807, 2.05) is 0 Å². The molecule has 0 aromatic heterocycles. The molecule has 2 atom stereocenters. The molecule has 1 aliphatic rings. The maximum absolute atomic E-state index is 11.6. The van der Waals surface area contributed by atoms with Crippen LogP contribution in [0, 0.1) is 5.92 Å². The Labute approximate surface area is 110 Å². The first-order valence-corrected chi connectivity index (χ1v) is 6.84. The lowest BCUT2D eigenvalue weighted by Gasteiger charge is -2.19. The van der Waals surface area contributed by atoms with Gasteiger partial charge in [0.15, 0.2) is 0 Å². The van der Waals surface area contributed by atoms with Crippen molar-refractivity contribution in [3.63, 3.8) is 0 Å². The topological polar surface area (TPSA) is 86.7 Å². The highest BCUT2D eigenvalue weighted by Crippen LogP contribution is 2.17. The molecule has 0 spiro atoms. The van der Waals surface area contributed by atoms with Gasteiger partial charge in [-0.25, -0.2) is 0 Å². The highest BCUT2D eigenvalue weighted by molar-refractivity contribution is 8.13. The fourth-order valence-electron chi connectivity index (χ4n) is 1.53. The van der Waals surface area contributed by atoms with Crippen molar-refractivity contribution in [3.05, 3.63) is 0 Å². The van der Waals surface area contributed by atoms with Gasteiger partial charge in [0.05, 0.1) is 5.92 Å². The lowest BCUT2D eigenvalue weighted by atomic mass is 10.0. The Morgan fingerprint density at radius 3 is 2.67 bits per heavy atom. The van der Waals surface area contributed by atoms with Gasteiger partial charge in [-0.2, -0.15) is 0 Å². The molecule has 1 saturated heterocycles. The van der Waals surface area contributed by atoms with Crippen LogP contribution in [0.4, 0.5) is 4.79 Å². The molecule has 0 aliphatic carbocycles. The Morgan fingerprint density at radius 2 is 2.17 bits per heavy atom. The second-order valence-electron chi connectivity index (χ2n) is 4.33. The molecule has 18 heavy (non-hydrogen) atoms. The third-order valence-electron chi connectivity index (χ3n) is 2.98. The van der Waals surface area contributed by atoms with Gasteiger partial charge >= 0.3 is 5.97 Å². The van der Waals surface area contributed by atoms with Gasteiger partial charge in [-0.3, -0.25) is 14.4 Å². The normalized spacial score (nSPS) is 18.6. The van der Waals surface area contributed by atoms with E-state index in [9.17, 15) is 14.4 Å². The highest BCUT2D eigenvalue weighted by atomic mass is 32.2. The van der Waals surface area contributed by atoms with Crippen LogP contribution in [0.3, 0.4) is 0 Å². The standard InChI is InChI=1S/C11H18N2O4S/c1-7(10(15)16)8(2)12-9(14)3-4-13-5-6-18-11(13)17/h7-8H,3-6H2,1-2H3,(H,12,14)(H,15,16). The molecular formula is C11H18N2O4S. The minimum Gasteiger partial charge on any atom is -0.481 e. The zero-order chi connectivity index (χ0) is 13.7. The number of carboxylic acid groups (broad SMARTS) is 1. The van der Waals surface area contributed by atoms with Crippen LogP contribution in [0.15, 0.2) is 0 Å². The molecule has 1 rings (SSSR count). The third-order valence-corrected chi connectivity index (χ3v) is 3.87. The maximum Gasteiger partial charge on any atom is 0.308 e. The van der Waals surface area contributed by atoms with Crippen molar-refractivity contribution >= 4 is 28.9 Å². The van der Waals surface area contributed by atoms with Gasteiger partial charge in [-0.15, -0.1) is 0 Å². The SMILES string of the molecule is CC(NC(=O)CCN1CCSC1=O)C(C)C(=O)O. The smallest absolute Gasteiger partial charge is 0.308 e. The molecule has 102 valence electrons. The number of hydrogen-bond donors (Lipinski definition) is 2. The van der Waals surface area contributed by atoms with E-state index in [2.05, 4.69) is 5.32 Å². The Balaban J connectivity index is 2.29. The summed E-state index contributed by atoms with van der Waals surface area (Å²) in [6, 6.07) is -0.418.